The van der Waals surface area contributed by atoms with E-state index in [0.29, 0.717) is 22.8 Å². The summed E-state index contributed by atoms with van der Waals surface area (Å²) in [5.41, 5.74) is 1.56. The summed E-state index contributed by atoms with van der Waals surface area (Å²) in [5.74, 6) is -4.30. The van der Waals surface area contributed by atoms with Crippen LogP contribution in [0.5, 0.6) is 0 Å². The SMILES string of the molecule is O=C(O)c1ccnc(-c2cc(C(=O)O)ccn2)c1.O=C(O)c1ccnc(-c2cc(C(=O)O)ccn2)c1.S=C=[N][Ru][N]=C=S. The number of carbonyl (C=O) groups is 4. The van der Waals surface area contributed by atoms with E-state index in [4.69, 9.17) is 20.4 Å². The van der Waals surface area contributed by atoms with Crippen molar-refractivity contribution in [1.82, 2.24) is 19.9 Å². The number of isothiocyanates is 2. The Bertz CT molecular complexity index is 1520. The molecule has 0 saturated carbocycles. The molecule has 4 rings (SSSR count). The molecule has 4 N–H and O–H groups in total. The number of carboxylic acid groups (broad SMARTS) is 4. The Morgan fingerprint density at radius 3 is 0.953 bits per heavy atom. The van der Waals surface area contributed by atoms with Gasteiger partial charge < -0.3 is 20.4 Å². The van der Waals surface area contributed by atoms with Gasteiger partial charge >= 0.3 is 83.7 Å². The van der Waals surface area contributed by atoms with Crippen LogP contribution in [0, 0.1) is 0 Å². The fourth-order valence-corrected chi connectivity index (χ4v) is 3.43. The zero-order valence-electron chi connectivity index (χ0n) is 21.2. The maximum absolute atomic E-state index is 10.8. The molecular weight excluding hydrogens is 690 g/mol. The molecule has 14 nitrogen and oxygen atoms in total. The zero-order chi connectivity index (χ0) is 31.8. The van der Waals surface area contributed by atoms with Gasteiger partial charge in [0.05, 0.1) is 45.0 Å². The molecule has 0 aliphatic heterocycles. The van der Waals surface area contributed by atoms with Crippen molar-refractivity contribution in [2.75, 3.05) is 0 Å². The quantitative estimate of drug-likeness (QED) is 0.115. The summed E-state index contributed by atoms with van der Waals surface area (Å²) >= 11 is 8.09. The third-order valence-corrected chi connectivity index (χ3v) is 6.12. The molecule has 4 aromatic heterocycles. The van der Waals surface area contributed by atoms with E-state index in [2.05, 4.69) is 62.2 Å². The van der Waals surface area contributed by atoms with Crippen LogP contribution < -0.4 is 0 Å². The van der Waals surface area contributed by atoms with Crippen LogP contribution in [0.3, 0.4) is 0 Å². The summed E-state index contributed by atoms with van der Waals surface area (Å²) in [7, 11) is 0. The van der Waals surface area contributed by atoms with Crippen molar-refractivity contribution in [1.29, 1.82) is 0 Å². The first kappa shape index (κ1) is 33.9. The molecule has 218 valence electrons. The number of hydrogen-bond acceptors (Lipinski definition) is 12. The van der Waals surface area contributed by atoms with Crippen LogP contribution in [-0.4, -0.2) is 74.6 Å². The van der Waals surface area contributed by atoms with E-state index in [-0.39, 0.29) is 22.3 Å². The van der Waals surface area contributed by atoms with Crippen LogP contribution in [0.2, 0.25) is 0 Å². The molecule has 0 aromatic carbocycles. The molecule has 0 amide bonds. The fourth-order valence-electron chi connectivity index (χ4n) is 2.86. The number of aromatic nitrogens is 4. The Hall–Kier alpha value is -5.30. The van der Waals surface area contributed by atoms with Gasteiger partial charge in [-0.25, -0.2) is 19.2 Å². The summed E-state index contributed by atoms with van der Waals surface area (Å²) < 4.78 is 7.04. The molecule has 0 fully saturated rings. The minimum atomic E-state index is -1.08. The zero-order valence-corrected chi connectivity index (χ0v) is 24.6. The van der Waals surface area contributed by atoms with Crippen molar-refractivity contribution in [2.24, 2.45) is 7.47 Å². The van der Waals surface area contributed by atoms with Crippen LogP contribution in [0.4, 0.5) is 0 Å². The summed E-state index contributed by atoms with van der Waals surface area (Å²) in [6, 6.07) is 10.8. The second-order valence-electron chi connectivity index (χ2n) is 7.35. The average Bonchev–Trinajstić information content (AvgIpc) is 3.02. The first-order valence-electron chi connectivity index (χ1n) is 11.1. The molecule has 43 heavy (non-hydrogen) atoms. The molecule has 0 saturated heterocycles. The van der Waals surface area contributed by atoms with Crippen molar-refractivity contribution >= 4 is 58.6 Å². The van der Waals surface area contributed by atoms with Gasteiger partial charge in [0.25, 0.3) is 0 Å². The predicted molar refractivity (Wildman–Crippen MR) is 153 cm³/mol. The second-order valence-corrected chi connectivity index (χ2v) is 8.84. The Morgan fingerprint density at radius 1 is 0.535 bits per heavy atom. The molecule has 0 spiro atoms. The van der Waals surface area contributed by atoms with Gasteiger partial charge in [-0.1, -0.05) is 0 Å². The fraction of sp³-hybridized carbons (Fsp3) is 0. The van der Waals surface area contributed by atoms with Crippen molar-refractivity contribution in [3.05, 3.63) is 95.6 Å². The van der Waals surface area contributed by atoms with Crippen LogP contribution in [0.25, 0.3) is 22.8 Å². The van der Waals surface area contributed by atoms with Crippen LogP contribution in [0.1, 0.15) is 41.4 Å². The Balaban J connectivity index is 0.000000247. The first-order valence-corrected chi connectivity index (χ1v) is 13.5. The molecular formula is C26H16N6O8RuS2. The number of aromatic carboxylic acids is 4. The average molecular weight is 706 g/mol. The van der Waals surface area contributed by atoms with E-state index < -0.39 is 41.5 Å². The van der Waals surface area contributed by atoms with Gasteiger partial charge in [-0.05, 0) is 48.5 Å². The number of carboxylic acids is 4. The molecule has 0 unspecified atom stereocenters. The normalized spacial score (nSPS) is 9.40. The molecule has 17 heteroatoms. The predicted octanol–water partition coefficient (Wildman–Crippen LogP) is 4.18. The Morgan fingerprint density at radius 2 is 0.767 bits per heavy atom. The van der Waals surface area contributed by atoms with E-state index in [1.165, 1.54) is 73.3 Å². The third kappa shape index (κ3) is 11.2. The molecule has 0 atom stereocenters. The van der Waals surface area contributed by atoms with Gasteiger partial charge in [-0.15, -0.1) is 0 Å². The van der Waals surface area contributed by atoms with E-state index in [9.17, 15) is 19.2 Å². The molecule has 4 heterocycles. The maximum atomic E-state index is 10.8. The standard InChI is InChI=1S/2C12H8N2O4.2CNS.Ru/c2*15-11(16)7-1-3-13-9(5-7)10-6-8(12(17)18)2-4-14-10;2*2-1-3;/h2*1-6H,(H,15,16)(H,17,18);;;/q;;2*-1;+2. The summed E-state index contributed by atoms with van der Waals surface area (Å²) in [6.07, 6.45) is 5.36. The third-order valence-electron chi connectivity index (χ3n) is 4.69. The van der Waals surface area contributed by atoms with Crippen molar-refractivity contribution in [3.8, 4) is 22.8 Å². The first-order chi connectivity index (χ1) is 20.6. The van der Waals surface area contributed by atoms with Gasteiger partial charge in [-0.3, -0.25) is 19.9 Å². The number of pyridine rings is 4. The van der Waals surface area contributed by atoms with E-state index in [0.717, 1.165) is 0 Å². The number of hydrogen-bond donors (Lipinski definition) is 4. The summed E-state index contributed by atoms with van der Waals surface area (Å²) in [5, 5.41) is 39.8. The van der Waals surface area contributed by atoms with Crippen LogP contribution >= 0.6 is 24.4 Å². The van der Waals surface area contributed by atoms with Crippen molar-refractivity contribution < 1.29 is 57.2 Å². The topological polar surface area (TPSA) is 225 Å². The van der Waals surface area contributed by atoms with Gasteiger partial charge in [0, 0.05) is 24.8 Å². The minimum absolute atomic E-state index is 0.0718. The van der Waals surface area contributed by atoms with Crippen LogP contribution in [-0.2, 0) is 17.6 Å². The number of nitrogens with zero attached hydrogens (tertiary/aromatic N) is 6. The summed E-state index contributed by atoms with van der Waals surface area (Å²) in [6.45, 7) is 0. The van der Waals surface area contributed by atoms with E-state index in [1.807, 2.05) is 0 Å². The Kier molecular flexibility index (Phi) is 13.8. The number of rotatable bonds is 8. The van der Waals surface area contributed by atoms with Crippen molar-refractivity contribution in [3.63, 3.8) is 0 Å². The summed E-state index contributed by atoms with van der Waals surface area (Å²) in [4.78, 5) is 59.2. The van der Waals surface area contributed by atoms with E-state index in [1.54, 1.807) is 0 Å². The molecule has 4 aromatic rings. The number of thiocarbonyl (C=S) groups is 2. The van der Waals surface area contributed by atoms with Gasteiger partial charge in [0.2, 0.25) is 0 Å². The molecule has 0 bridgehead atoms. The molecule has 0 aliphatic carbocycles. The molecule has 0 radical (unpaired) electrons. The van der Waals surface area contributed by atoms with E-state index >= 15 is 0 Å². The van der Waals surface area contributed by atoms with Gasteiger partial charge in [0.1, 0.15) is 0 Å². The van der Waals surface area contributed by atoms with Crippen LogP contribution in [0.15, 0.2) is 80.8 Å². The second kappa shape index (κ2) is 17.5. The van der Waals surface area contributed by atoms with Gasteiger partial charge in [0.15, 0.2) is 0 Å². The van der Waals surface area contributed by atoms with Gasteiger partial charge in [-0.2, -0.15) is 0 Å². The Labute approximate surface area is 260 Å². The van der Waals surface area contributed by atoms with Crippen molar-refractivity contribution in [2.45, 2.75) is 0 Å². The monoisotopic (exact) mass is 706 g/mol. The molecule has 0 aliphatic rings.